The molecule has 3 nitrogen and oxygen atoms in total. The third-order valence-corrected chi connectivity index (χ3v) is 4.35. The normalized spacial score (nSPS) is 25.8. The highest BCUT2D eigenvalue weighted by Gasteiger charge is 2.23. The number of piperidine rings is 1. The van der Waals surface area contributed by atoms with Crippen molar-refractivity contribution >= 4 is 0 Å². The van der Waals surface area contributed by atoms with Crippen molar-refractivity contribution in [3.05, 3.63) is 0 Å². The SMILES string of the molecule is CCC1CCCCN1CCCC(C)(CO)NC. The predicted octanol–water partition coefficient (Wildman–Crippen LogP) is 2.00. The Balaban J connectivity index is 2.29. The number of aliphatic hydroxyl groups is 1. The van der Waals surface area contributed by atoms with Crippen molar-refractivity contribution in [1.82, 2.24) is 10.2 Å². The van der Waals surface area contributed by atoms with Gasteiger partial charge in [0.15, 0.2) is 0 Å². The standard InChI is InChI=1S/C14H30N2O/c1-4-13-8-5-6-10-16(13)11-7-9-14(2,12-17)15-3/h13,15,17H,4-12H2,1-3H3. The van der Waals surface area contributed by atoms with Gasteiger partial charge in [-0.3, -0.25) is 0 Å². The summed E-state index contributed by atoms with van der Waals surface area (Å²) in [6, 6.07) is 0.804. The highest BCUT2D eigenvalue weighted by Crippen LogP contribution is 2.20. The van der Waals surface area contributed by atoms with E-state index in [2.05, 4.69) is 24.1 Å². The number of nitrogens with one attached hydrogen (secondary N) is 1. The van der Waals surface area contributed by atoms with Crippen LogP contribution in [0.4, 0.5) is 0 Å². The van der Waals surface area contributed by atoms with Crippen LogP contribution in [-0.4, -0.2) is 48.3 Å². The quantitative estimate of drug-likeness (QED) is 0.717. The number of hydrogen-bond acceptors (Lipinski definition) is 3. The summed E-state index contributed by atoms with van der Waals surface area (Å²) in [5.74, 6) is 0. The van der Waals surface area contributed by atoms with E-state index in [1.54, 1.807) is 0 Å². The minimum atomic E-state index is -0.0997. The first-order valence-corrected chi connectivity index (χ1v) is 7.19. The second kappa shape index (κ2) is 7.34. The molecule has 0 bridgehead atoms. The summed E-state index contributed by atoms with van der Waals surface area (Å²) in [5.41, 5.74) is -0.0997. The van der Waals surface area contributed by atoms with Crippen molar-refractivity contribution in [1.29, 1.82) is 0 Å². The van der Waals surface area contributed by atoms with E-state index in [-0.39, 0.29) is 12.1 Å². The van der Waals surface area contributed by atoms with Gasteiger partial charge in [0.2, 0.25) is 0 Å². The van der Waals surface area contributed by atoms with Crippen molar-refractivity contribution in [3.63, 3.8) is 0 Å². The molecule has 2 atom stereocenters. The molecule has 0 spiro atoms. The molecule has 2 unspecified atom stereocenters. The molecular weight excluding hydrogens is 212 g/mol. The minimum absolute atomic E-state index is 0.0997. The van der Waals surface area contributed by atoms with Gasteiger partial charge in [0.25, 0.3) is 0 Å². The van der Waals surface area contributed by atoms with Gasteiger partial charge in [-0.05, 0) is 59.2 Å². The van der Waals surface area contributed by atoms with E-state index in [4.69, 9.17) is 0 Å². The van der Waals surface area contributed by atoms with Gasteiger partial charge in [-0.1, -0.05) is 13.3 Å². The Morgan fingerprint density at radius 2 is 2.18 bits per heavy atom. The maximum Gasteiger partial charge on any atom is 0.0610 e. The zero-order valence-electron chi connectivity index (χ0n) is 11.8. The number of hydrogen-bond donors (Lipinski definition) is 2. The second-order valence-electron chi connectivity index (χ2n) is 5.67. The van der Waals surface area contributed by atoms with Crippen LogP contribution in [-0.2, 0) is 0 Å². The Labute approximate surface area is 107 Å². The van der Waals surface area contributed by atoms with Gasteiger partial charge in [0.1, 0.15) is 0 Å². The maximum absolute atomic E-state index is 9.34. The molecule has 1 aliphatic rings. The van der Waals surface area contributed by atoms with E-state index in [1.165, 1.54) is 45.2 Å². The Morgan fingerprint density at radius 3 is 2.76 bits per heavy atom. The van der Waals surface area contributed by atoms with Crippen LogP contribution < -0.4 is 5.32 Å². The molecule has 1 saturated heterocycles. The lowest BCUT2D eigenvalue weighted by molar-refractivity contribution is 0.126. The zero-order chi connectivity index (χ0) is 12.7. The molecule has 2 N–H and O–H groups in total. The van der Waals surface area contributed by atoms with E-state index in [1.807, 2.05) is 7.05 Å². The molecule has 1 rings (SSSR count). The molecule has 1 aliphatic heterocycles. The van der Waals surface area contributed by atoms with Crippen molar-refractivity contribution in [2.75, 3.05) is 26.7 Å². The number of aliphatic hydroxyl groups excluding tert-OH is 1. The fourth-order valence-electron chi connectivity index (χ4n) is 2.77. The van der Waals surface area contributed by atoms with Crippen LogP contribution in [0.2, 0.25) is 0 Å². The highest BCUT2D eigenvalue weighted by atomic mass is 16.3. The van der Waals surface area contributed by atoms with Crippen molar-refractivity contribution in [2.24, 2.45) is 0 Å². The first kappa shape index (κ1) is 14.9. The van der Waals surface area contributed by atoms with Crippen LogP contribution in [0.25, 0.3) is 0 Å². The molecule has 17 heavy (non-hydrogen) atoms. The van der Waals surface area contributed by atoms with Crippen LogP contribution in [0, 0.1) is 0 Å². The van der Waals surface area contributed by atoms with Gasteiger partial charge >= 0.3 is 0 Å². The summed E-state index contributed by atoms with van der Waals surface area (Å²) >= 11 is 0. The van der Waals surface area contributed by atoms with Crippen LogP contribution in [0.5, 0.6) is 0 Å². The summed E-state index contributed by atoms with van der Waals surface area (Å²) < 4.78 is 0. The highest BCUT2D eigenvalue weighted by molar-refractivity contribution is 4.82. The number of likely N-dealkylation sites (N-methyl/N-ethyl adjacent to an activating group) is 1. The molecule has 1 heterocycles. The van der Waals surface area contributed by atoms with Gasteiger partial charge in [0, 0.05) is 11.6 Å². The molecule has 0 saturated carbocycles. The third kappa shape index (κ3) is 4.57. The van der Waals surface area contributed by atoms with E-state index in [0.717, 1.165) is 12.5 Å². The summed E-state index contributed by atoms with van der Waals surface area (Å²) in [7, 11) is 1.94. The molecule has 0 aromatic heterocycles. The van der Waals surface area contributed by atoms with E-state index >= 15 is 0 Å². The van der Waals surface area contributed by atoms with Crippen LogP contribution >= 0.6 is 0 Å². The van der Waals surface area contributed by atoms with E-state index < -0.39 is 0 Å². The second-order valence-corrected chi connectivity index (χ2v) is 5.67. The number of nitrogens with zero attached hydrogens (tertiary/aromatic N) is 1. The largest absolute Gasteiger partial charge is 0.394 e. The molecule has 102 valence electrons. The van der Waals surface area contributed by atoms with Crippen molar-refractivity contribution in [2.45, 2.75) is 64.0 Å². The fraction of sp³-hybridized carbons (Fsp3) is 1.00. The Hall–Kier alpha value is -0.120. The lowest BCUT2D eigenvalue weighted by Crippen LogP contribution is -2.45. The minimum Gasteiger partial charge on any atom is -0.394 e. The molecule has 0 aromatic rings. The first-order chi connectivity index (χ1) is 8.15. The summed E-state index contributed by atoms with van der Waals surface area (Å²) in [5, 5.41) is 12.6. The van der Waals surface area contributed by atoms with Gasteiger partial charge in [-0.2, -0.15) is 0 Å². The summed E-state index contributed by atoms with van der Waals surface area (Å²) in [6.07, 6.45) is 7.64. The Morgan fingerprint density at radius 1 is 1.41 bits per heavy atom. The van der Waals surface area contributed by atoms with E-state index in [9.17, 15) is 5.11 Å². The smallest absolute Gasteiger partial charge is 0.0610 e. The predicted molar refractivity (Wildman–Crippen MR) is 73.3 cm³/mol. The summed E-state index contributed by atoms with van der Waals surface area (Å²) in [4.78, 5) is 2.65. The maximum atomic E-state index is 9.34. The zero-order valence-corrected chi connectivity index (χ0v) is 11.8. The summed E-state index contributed by atoms with van der Waals surface area (Å²) in [6.45, 7) is 7.08. The van der Waals surface area contributed by atoms with Crippen molar-refractivity contribution in [3.8, 4) is 0 Å². The van der Waals surface area contributed by atoms with Crippen molar-refractivity contribution < 1.29 is 5.11 Å². The molecule has 0 amide bonds. The lowest BCUT2D eigenvalue weighted by atomic mass is 9.95. The average molecular weight is 242 g/mol. The molecular formula is C14H30N2O. The monoisotopic (exact) mass is 242 g/mol. The third-order valence-electron chi connectivity index (χ3n) is 4.35. The molecule has 0 aromatic carbocycles. The van der Waals surface area contributed by atoms with Crippen LogP contribution in [0.3, 0.4) is 0 Å². The first-order valence-electron chi connectivity index (χ1n) is 7.19. The molecule has 3 heteroatoms. The average Bonchev–Trinajstić information content (AvgIpc) is 2.39. The topological polar surface area (TPSA) is 35.5 Å². The van der Waals surface area contributed by atoms with Crippen LogP contribution in [0.15, 0.2) is 0 Å². The molecule has 0 radical (unpaired) electrons. The van der Waals surface area contributed by atoms with Crippen LogP contribution in [0.1, 0.15) is 52.4 Å². The van der Waals surface area contributed by atoms with Gasteiger partial charge < -0.3 is 15.3 Å². The van der Waals surface area contributed by atoms with Gasteiger partial charge in [-0.25, -0.2) is 0 Å². The number of rotatable bonds is 7. The lowest BCUT2D eigenvalue weighted by Gasteiger charge is -2.36. The molecule has 0 aliphatic carbocycles. The molecule has 1 fully saturated rings. The van der Waals surface area contributed by atoms with Gasteiger partial charge in [0.05, 0.1) is 6.61 Å². The Bertz CT molecular complexity index is 204. The Kier molecular flexibility index (Phi) is 6.45. The number of likely N-dealkylation sites (tertiary alicyclic amines) is 1. The van der Waals surface area contributed by atoms with E-state index in [0.29, 0.717) is 0 Å². The van der Waals surface area contributed by atoms with Gasteiger partial charge in [-0.15, -0.1) is 0 Å². The fourth-order valence-corrected chi connectivity index (χ4v) is 2.77.